The zero-order chi connectivity index (χ0) is 18.2. The highest BCUT2D eigenvalue weighted by molar-refractivity contribution is 6.08. The first kappa shape index (κ1) is 18.3. The van der Waals surface area contributed by atoms with Gasteiger partial charge in [-0.15, -0.1) is 0 Å². The van der Waals surface area contributed by atoms with Crippen LogP contribution >= 0.6 is 0 Å². The minimum atomic E-state index is -0.519. The number of carbonyl (C=O) groups is 2. The van der Waals surface area contributed by atoms with Gasteiger partial charge in [0.1, 0.15) is 11.5 Å². The van der Waals surface area contributed by atoms with Gasteiger partial charge in [-0.3, -0.25) is 4.79 Å². The van der Waals surface area contributed by atoms with Crippen LogP contribution in [0.15, 0.2) is 42.5 Å². The van der Waals surface area contributed by atoms with Crippen molar-refractivity contribution in [1.29, 1.82) is 0 Å². The van der Waals surface area contributed by atoms with Gasteiger partial charge in [0.15, 0.2) is 0 Å². The molecule has 0 aliphatic carbocycles. The van der Waals surface area contributed by atoms with Crippen LogP contribution in [-0.2, 0) is 4.74 Å². The van der Waals surface area contributed by atoms with Crippen molar-refractivity contribution in [3.05, 3.63) is 53.6 Å². The van der Waals surface area contributed by atoms with Crippen LogP contribution in [0, 0.1) is 0 Å². The Kier molecular flexibility index (Phi) is 6.39. The van der Waals surface area contributed by atoms with Crippen LogP contribution in [0.1, 0.15) is 34.6 Å². The molecule has 0 heterocycles. The van der Waals surface area contributed by atoms with Crippen molar-refractivity contribution >= 4 is 17.6 Å². The predicted molar refractivity (Wildman–Crippen MR) is 94.5 cm³/mol. The summed E-state index contributed by atoms with van der Waals surface area (Å²) < 4.78 is 15.7. The van der Waals surface area contributed by atoms with Crippen LogP contribution in [0.5, 0.6) is 11.5 Å². The fourth-order valence-corrected chi connectivity index (χ4v) is 2.28. The minimum absolute atomic E-state index is 0.282. The number of anilines is 1. The van der Waals surface area contributed by atoms with Crippen molar-refractivity contribution < 1.29 is 23.8 Å². The average molecular weight is 343 g/mol. The maximum atomic E-state index is 12.6. The fourth-order valence-electron chi connectivity index (χ4n) is 2.28. The Bertz CT molecular complexity index is 733. The zero-order valence-electron chi connectivity index (χ0n) is 14.5. The van der Waals surface area contributed by atoms with Crippen molar-refractivity contribution in [2.24, 2.45) is 0 Å². The fraction of sp³-hybridized carbons (Fsp3) is 0.263. The molecule has 1 N–H and O–H groups in total. The Morgan fingerprint density at radius 3 is 2.12 bits per heavy atom. The largest absolute Gasteiger partial charge is 0.494 e. The number of esters is 1. The van der Waals surface area contributed by atoms with Crippen LogP contribution in [0.25, 0.3) is 0 Å². The van der Waals surface area contributed by atoms with Gasteiger partial charge in [-0.2, -0.15) is 0 Å². The summed E-state index contributed by atoms with van der Waals surface area (Å²) in [4.78, 5) is 24.4. The van der Waals surface area contributed by atoms with Gasteiger partial charge in [0.2, 0.25) is 0 Å². The van der Waals surface area contributed by atoms with Gasteiger partial charge in [0.25, 0.3) is 5.91 Å². The van der Waals surface area contributed by atoms with E-state index in [0.717, 1.165) is 0 Å². The highest BCUT2D eigenvalue weighted by atomic mass is 16.5. The molecule has 25 heavy (non-hydrogen) atoms. The number of ether oxygens (including phenoxy) is 3. The maximum Gasteiger partial charge on any atom is 0.339 e. The smallest absolute Gasteiger partial charge is 0.339 e. The van der Waals surface area contributed by atoms with E-state index < -0.39 is 5.97 Å². The number of nitrogens with one attached hydrogen (secondary N) is 1. The van der Waals surface area contributed by atoms with Gasteiger partial charge in [0.05, 0.1) is 31.6 Å². The molecule has 132 valence electrons. The number of hydrogen-bond acceptors (Lipinski definition) is 5. The number of methoxy groups -OCH3 is 1. The molecule has 0 aromatic heterocycles. The van der Waals surface area contributed by atoms with E-state index in [2.05, 4.69) is 5.32 Å². The van der Waals surface area contributed by atoms with E-state index in [1.165, 1.54) is 7.11 Å². The Morgan fingerprint density at radius 1 is 0.960 bits per heavy atom. The Morgan fingerprint density at radius 2 is 1.56 bits per heavy atom. The number of carbonyl (C=O) groups excluding carboxylic acids is 2. The molecule has 6 heteroatoms. The first-order valence-corrected chi connectivity index (χ1v) is 7.98. The molecule has 2 rings (SSSR count). The van der Waals surface area contributed by atoms with Crippen LogP contribution in [0.3, 0.4) is 0 Å². The van der Waals surface area contributed by atoms with Crippen molar-refractivity contribution in [3.63, 3.8) is 0 Å². The molecule has 0 spiro atoms. The number of para-hydroxylation sites is 1. The van der Waals surface area contributed by atoms with E-state index in [9.17, 15) is 9.59 Å². The number of hydrogen-bond donors (Lipinski definition) is 1. The summed E-state index contributed by atoms with van der Waals surface area (Å²) in [7, 11) is 1.29. The quantitative estimate of drug-likeness (QED) is 0.779. The highest BCUT2D eigenvalue weighted by Crippen LogP contribution is 2.25. The lowest BCUT2D eigenvalue weighted by atomic mass is 10.1. The molecule has 0 radical (unpaired) electrons. The number of amides is 1. The second-order valence-corrected chi connectivity index (χ2v) is 5.05. The predicted octanol–water partition coefficient (Wildman–Crippen LogP) is 3.52. The second kappa shape index (κ2) is 8.73. The van der Waals surface area contributed by atoms with Crippen molar-refractivity contribution in [2.75, 3.05) is 25.6 Å². The van der Waals surface area contributed by atoms with Crippen LogP contribution in [0.2, 0.25) is 0 Å². The lowest BCUT2D eigenvalue weighted by Gasteiger charge is -2.12. The lowest BCUT2D eigenvalue weighted by molar-refractivity contribution is 0.0602. The molecule has 2 aromatic carbocycles. The van der Waals surface area contributed by atoms with Crippen LogP contribution < -0.4 is 14.8 Å². The molecule has 0 unspecified atom stereocenters. The summed E-state index contributed by atoms with van der Waals surface area (Å²) in [5.41, 5.74) is 1.03. The number of rotatable bonds is 7. The van der Waals surface area contributed by atoms with E-state index in [-0.39, 0.29) is 11.5 Å². The number of benzene rings is 2. The minimum Gasteiger partial charge on any atom is -0.494 e. The molecule has 1 amide bonds. The summed E-state index contributed by atoms with van der Waals surface area (Å²) in [5.74, 6) is 0.188. The average Bonchev–Trinajstić information content (AvgIpc) is 2.62. The van der Waals surface area contributed by atoms with Gasteiger partial charge in [-0.1, -0.05) is 12.1 Å². The van der Waals surface area contributed by atoms with E-state index in [1.54, 1.807) is 42.5 Å². The van der Waals surface area contributed by atoms with Crippen LogP contribution in [-0.4, -0.2) is 32.2 Å². The first-order chi connectivity index (χ1) is 12.1. The molecular weight excluding hydrogens is 322 g/mol. The molecule has 0 bridgehead atoms. The molecule has 0 fully saturated rings. The summed E-state index contributed by atoms with van der Waals surface area (Å²) in [6, 6.07) is 11.6. The molecule has 0 saturated carbocycles. The van der Waals surface area contributed by atoms with Gasteiger partial charge in [-0.05, 0) is 38.1 Å². The van der Waals surface area contributed by atoms with Crippen molar-refractivity contribution in [1.82, 2.24) is 0 Å². The van der Waals surface area contributed by atoms with E-state index in [1.807, 2.05) is 13.8 Å². The van der Waals surface area contributed by atoms with Gasteiger partial charge in [0, 0.05) is 11.6 Å². The Hall–Kier alpha value is -3.02. The molecular formula is C19H21NO5. The van der Waals surface area contributed by atoms with Gasteiger partial charge in [-0.25, -0.2) is 4.79 Å². The third-order valence-electron chi connectivity index (χ3n) is 3.34. The van der Waals surface area contributed by atoms with Gasteiger partial charge >= 0.3 is 5.97 Å². The first-order valence-electron chi connectivity index (χ1n) is 7.98. The summed E-state index contributed by atoms with van der Waals surface area (Å²) in [6.45, 7) is 4.67. The van der Waals surface area contributed by atoms with E-state index >= 15 is 0 Å². The summed E-state index contributed by atoms with van der Waals surface area (Å²) in [5, 5.41) is 2.73. The normalized spacial score (nSPS) is 10.0. The summed E-state index contributed by atoms with van der Waals surface area (Å²) in [6.07, 6.45) is 0. The third-order valence-corrected chi connectivity index (χ3v) is 3.34. The molecule has 0 saturated heterocycles. The van der Waals surface area contributed by atoms with Crippen molar-refractivity contribution in [2.45, 2.75) is 13.8 Å². The maximum absolute atomic E-state index is 12.6. The van der Waals surface area contributed by atoms with Crippen LogP contribution in [0.4, 0.5) is 5.69 Å². The topological polar surface area (TPSA) is 73.9 Å². The van der Waals surface area contributed by atoms with E-state index in [4.69, 9.17) is 14.2 Å². The lowest BCUT2D eigenvalue weighted by Crippen LogP contribution is -2.15. The molecule has 0 aliphatic rings. The van der Waals surface area contributed by atoms with Crippen molar-refractivity contribution in [3.8, 4) is 11.5 Å². The Balaban J connectivity index is 2.30. The Labute approximate surface area is 146 Å². The molecule has 0 aliphatic heterocycles. The molecule has 6 nitrogen and oxygen atoms in total. The second-order valence-electron chi connectivity index (χ2n) is 5.05. The monoisotopic (exact) mass is 343 g/mol. The standard InChI is InChI=1S/C19H21NO5/c1-4-24-14-10-13(11-15(12-14)25-5-2)18(21)20-17-9-7-6-8-16(17)19(22)23-3/h6-12H,4-5H2,1-3H3,(H,20,21). The molecule has 2 aromatic rings. The highest BCUT2D eigenvalue weighted by Gasteiger charge is 2.15. The summed E-state index contributed by atoms with van der Waals surface area (Å²) >= 11 is 0. The SMILES string of the molecule is CCOc1cc(OCC)cc(C(=O)Nc2ccccc2C(=O)OC)c1. The third kappa shape index (κ3) is 4.73. The molecule has 0 atom stereocenters. The van der Waals surface area contributed by atoms with E-state index in [0.29, 0.717) is 36.0 Å². The zero-order valence-corrected chi connectivity index (χ0v) is 14.5. The van der Waals surface area contributed by atoms with Gasteiger partial charge < -0.3 is 19.5 Å².